The summed E-state index contributed by atoms with van der Waals surface area (Å²) < 4.78 is 1.08. The number of hydrogen-bond acceptors (Lipinski definition) is 0. The lowest BCUT2D eigenvalue weighted by molar-refractivity contribution is -0.888. The summed E-state index contributed by atoms with van der Waals surface area (Å²) in [6.07, 6.45) is 8.32. The number of nitrogens with zero attached hydrogens (tertiary/aromatic N) is 1. The molecule has 0 N–H and O–H groups in total. The summed E-state index contributed by atoms with van der Waals surface area (Å²) in [5.41, 5.74) is 0. The maximum atomic E-state index is 5.75. The predicted octanol–water partition coefficient (Wildman–Crippen LogP) is 0.666. The number of rotatable bonds is 9. The van der Waals surface area contributed by atoms with Crippen LogP contribution in [0.4, 0.5) is 0 Å². The Morgan fingerprint density at radius 2 is 1.40 bits per heavy atom. The van der Waals surface area contributed by atoms with E-state index in [1.165, 1.54) is 45.1 Å². The largest absolute Gasteiger partial charge is 1.00 e. The molecule has 0 aromatic heterocycles. The first-order chi connectivity index (χ1) is 6.62. The molecular formula is C12H27BrClN. The van der Waals surface area contributed by atoms with Crippen LogP contribution in [0.5, 0.6) is 0 Å². The Bertz CT molecular complexity index is 129. The van der Waals surface area contributed by atoms with E-state index in [0.717, 1.165) is 16.9 Å². The van der Waals surface area contributed by atoms with Gasteiger partial charge in [0.05, 0.1) is 33.1 Å². The molecule has 0 amide bonds. The topological polar surface area (TPSA) is 0 Å². The summed E-state index contributed by atoms with van der Waals surface area (Å²) in [5, 5.41) is 0. The molecule has 0 fully saturated rings. The summed E-state index contributed by atoms with van der Waals surface area (Å²) in [5.74, 6) is 0.781. The minimum atomic E-state index is 0. The first kappa shape index (κ1) is 18.1. The zero-order chi connectivity index (χ0) is 10.9. The molecule has 15 heavy (non-hydrogen) atoms. The van der Waals surface area contributed by atoms with Gasteiger partial charge in [0, 0.05) is 0 Å². The molecule has 0 spiro atoms. The first-order valence-corrected chi connectivity index (χ1v) is 6.54. The highest BCUT2D eigenvalue weighted by atomic mass is 79.9. The van der Waals surface area contributed by atoms with E-state index < -0.39 is 0 Å². The number of halogens is 2. The van der Waals surface area contributed by atoms with Crippen molar-refractivity contribution in [3.8, 4) is 0 Å². The van der Waals surface area contributed by atoms with Crippen molar-refractivity contribution in [3.63, 3.8) is 0 Å². The van der Waals surface area contributed by atoms with Gasteiger partial charge in [-0.1, -0.05) is 32.6 Å². The number of hydrogen-bond donors (Lipinski definition) is 0. The molecule has 0 unspecified atom stereocenters. The van der Waals surface area contributed by atoms with Crippen molar-refractivity contribution in [2.75, 3.05) is 33.1 Å². The Balaban J connectivity index is 0. The van der Waals surface area contributed by atoms with E-state index in [1.807, 2.05) is 0 Å². The second-order valence-corrected chi connectivity index (χ2v) is 5.22. The normalized spacial score (nSPS) is 11.2. The minimum Gasteiger partial charge on any atom is -1.00 e. The maximum Gasteiger partial charge on any atom is 0.0920 e. The average Bonchev–Trinajstić information content (AvgIpc) is 2.11. The maximum absolute atomic E-state index is 5.75. The Kier molecular flexibility index (Phi) is 13.5. The second-order valence-electron chi connectivity index (χ2n) is 4.84. The summed E-state index contributed by atoms with van der Waals surface area (Å²) in [6.45, 7) is 4.63. The van der Waals surface area contributed by atoms with Crippen LogP contribution in [0.3, 0.4) is 0 Å². The van der Waals surface area contributed by atoms with Gasteiger partial charge in [-0.25, -0.2) is 0 Å². The van der Waals surface area contributed by atoms with Crippen molar-refractivity contribution in [1.82, 2.24) is 0 Å². The lowest BCUT2D eigenvalue weighted by atomic mass is 10.1. The standard InChI is InChI=1S/C12H27ClN.BrH/c1-4-5-6-7-8-9-11-14(2,3)12-10-13;/h4-12H2,1-3H3;1H/q+1;/p-1. The SMILES string of the molecule is CCCCCCCC[N+](C)(C)CCCl.[Br-]. The molecule has 3 heteroatoms. The third-order valence-corrected chi connectivity index (χ3v) is 2.98. The van der Waals surface area contributed by atoms with Crippen molar-refractivity contribution in [2.45, 2.75) is 45.4 Å². The van der Waals surface area contributed by atoms with Crippen molar-refractivity contribution in [1.29, 1.82) is 0 Å². The van der Waals surface area contributed by atoms with E-state index >= 15 is 0 Å². The van der Waals surface area contributed by atoms with E-state index in [4.69, 9.17) is 11.6 Å². The highest BCUT2D eigenvalue weighted by molar-refractivity contribution is 6.17. The van der Waals surface area contributed by atoms with Gasteiger partial charge in [0.2, 0.25) is 0 Å². The molecule has 0 aliphatic rings. The van der Waals surface area contributed by atoms with Crippen LogP contribution in [0, 0.1) is 0 Å². The third kappa shape index (κ3) is 12.7. The lowest BCUT2D eigenvalue weighted by Gasteiger charge is -2.28. The Hall–Kier alpha value is 0.730. The van der Waals surface area contributed by atoms with E-state index in [2.05, 4.69) is 21.0 Å². The second kappa shape index (κ2) is 11.2. The molecule has 0 aromatic carbocycles. The van der Waals surface area contributed by atoms with Gasteiger partial charge in [0.15, 0.2) is 0 Å². The fraction of sp³-hybridized carbons (Fsp3) is 1.00. The fourth-order valence-electron chi connectivity index (χ4n) is 1.66. The van der Waals surface area contributed by atoms with Gasteiger partial charge >= 0.3 is 0 Å². The summed E-state index contributed by atoms with van der Waals surface area (Å²) in [4.78, 5) is 0. The molecule has 0 rings (SSSR count). The number of unbranched alkanes of at least 4 members (excludes halogenated alkanes) is 5. The molecule has 1 nitrogen and oxygen atoms in total. The van der Waals surface area contributed by atoms with E-state index in [0.29, 0.717) is 0 Å². The molecular weight excluding hydrogens is 273 g/mol. The molecule has 0 heterocycles. The van der Waals surface area contributed by atoms with Crippen molar-refractivity contribution < 1.29 is 21.5 Å². The van der Waals surface area contributed by atoms with E-state index in [-0.39, 0.29) is 17.0 Å². The van der Waals surface area contributed by atoms with Gasteiger partial charge in [0.1, 0.15) is 0 Å². The van der Waals surface area contributed by atoms with Crippen LogP contribution < -0.4 is 17.0 Å². The highest BCUT2D eigenvalue weighted by Crippen LogP contribution is 2.08. The summed E-state index contributed by atoms with van der Waals surface area (Å²) in [6, 6.07) is 0. The third-order valence-electron chi connectivity index (χ3n) is 2.81. The molecule has 0 saturated carbocycles. The zero-order valence-electron chi connectivity index (χ0n) is 10.6. The van der Waals surface area contributed by atoms with Gasteiger partial charge in [-0.2, -0.15) is 0 Å². The Labute approximate surface area is 112 Å². The van der Waals surface area contributed by atoms with Crippen LogP contribution in [-0.4, -0.2) is 37.5 Å². The zero-order valence-corrected chi connectivity index (χ0v) is 12.9. The number of alkyl halides is 1. The molecule has 0 aliphatic carbocycles. The quantitative estimate of drug-likeness (QED) is 0.333. The van der Waals surface area contributed by atoms with Crippen molar-refractivity contribution in [3.05, 3.63) is 0 Å². The molecule has 0 aromatic rings. The van der Waals surface area contributed by atoms with Crippen molar-refractivity contribution in [2.24, 2.45) is 0 Å². The monoisotopic (exact) mass is 299 g/mol. The molecule has 0 radical (unpaired) electrons. The van der Waals surface area contributed by atoms with Gasteiger partial charge < -0.3 is 21.5 Å². The van der Waals surface area contributed by atoms with Gasteiger partial charge in [0.25, 0.3) is 0 Å². The Morgan fingerprint density at radius 3 is 1.93 bits per heavy atom. The molecule has 0 bridgehead atoms. The van der Waals surface area contributed by atoms with Crippen LogP contribution in [0.15, 0.2) is 0 Å². The highest BCUT2D eigenvalue weighted by Gasteiger charge is 2.12. The van der Waals surface area contributed by atoms with Gasteiger partial charge in [-0.05, 0) is 12.8 Å². The fourth-order valence-corrected chi connectivity index (χ4v) is 2.12. The van der Waals surface area contributed by atoms with Gasteiger partial charge in [-0.3, -0.25) is 0 Å². The average molecular weight is 301 g/mol. The summed E-state index contributed by atoms with van der Waals surface area (Å²) >= 11 is 5.75. The minimum absolute atomic E-state index is 0. The summed E-state index contributed by atoms with van der Waals surface area (Å²) in [7, 11) is 4.54. The lowest BCUT2D eigenvalue weighted by Crippen LogP contribution is -3.00. The van der Waals surface area contributed by atoms with Crippen LogP contribution in [-0.2, 0) is 0 Å². The smallest absolute Gasteiger partial charge is 0.0920 e. The first-order valence-electron chi connectivity index (χ1n) is 6.00. The van der Waals surface area contributed by atoms with Crippen molar-refractivity contribution >= 4 is 11.6 Å². The Morgan fingerprint density at radius 1 is 0.867 bits per heavy atom. The van der Waals surface area contributed by atoms with Crippen LogP contribution in [0.2, 0.25) is 0 Å². The predicted molar refractivity (Wildman–Crippen MR) is 65.9 cm³/mol. The molecule has 0 aliphatic heterocycles. The number of quaternary nitrogens is 1. The van der Waals surface area contributed by atoms with Gasteiger partial charge in [-0.15, -0.1) is 11.6 Å². The van der Waals surface area contributed by atoms with E-state index in [9.17, 15) is 0 Å². The molecule has 0 saturated heterocycles. The molecule has 0 atom stereocenters. The molecule has 94 valence electrons. The van der Waals surface area contributed by atoms with E-state index in [1.54, 1.807) is 0 Å². The van der Waals surface area contributed by atoms with Crippen LogP contribution in [0.1, 0.15) is 45.4 Å². The van der Waals surface area contributed by atoms with Crippen LogP contribution in [0.25, 0.3) is 0 Å². The van der Waals surface area contributed by atoms with Crippen LogP contribution >= 0.6 is 11.6 Å².